The number of hydrogen-bond acceptors (Lipinski definition) is 4. The number of aromatic nitrogens is 3. The fraction of sp³-hybridized carbons (Fsp3) is 0.500. The predicted octanol–water partition coefficient (Wildman–Crippen LogP) is 1.36. The van der Waals surface area contributed by atoms with Crippen molar-refractivity contribution < 1.29 is 5.11 Å². The molecule has 0 aromatic carbocycles. The lowest BCUT2D eigenvalue weighted by Crippen LogP contribution is -2.43. The molecular formula is C12H16N4O. The second-order valence-corrected chi connectivity index (χ2v) is 4.87. The van der Waals surface area contributed by atoms with E-state index in [0.29, 0.717) is 12.5 Å². The van der Waals surface area contributed by atoms with Crippen LogP contribution in [0.3, 0.4) is 0 Å². The molecule has 1 aliphatic rings. The summed E-state index contributed by atoms with van der Waals surface area (Å²) in [5, 5.41) is 17.4. The van der Waals surface area contributed by atoms with Crippen molar-refractivity contribution in [3.63, 3.8) is 0 Å². The Bertz CT molecular complexity index is 544. The Morgan fingerprint density at radius 1 is 1.53 bits per heavy atom. The standard InChI is InChI=1S/C12H16N4O/c1-9-3-6-16-10(7-9)14-11(15-16)13-8-12(17)4-2-5-12/h3,6-7,17H,2,4-5,8H2,1H3,(H,13,15). The molecule has 0 bridgehead atoms. The lowest BCUT2D eigenvalue weighted by molar-refractivity contribution is -0.0203. The van der Waals surface area contributed by atoms with E-state index in [1.165, 1.54) is 0 Å². The fourth-order valence-electron chi connectivity index (χ4n) is 2.06. The number of anilines is 1. The highest BCUT2D eigenvalue weighted by molar-refractivity contribution is 5.45. The molecule has 0 amide bonds. The van der Waals surface area contributed by atoms with Gasteiger partial charge in [0.15, 0.2) is 5.65 Å². The molecule has 17 heavy (non-hydrogen) atoms. The van der Waals surface area contributed by atoms with E-state index >= 15 is 0 Å². The monoisotopic (exact) mass is 232 g/mol. The minimum atomic E-state index is -0.548. The molecule has 1 fully saturated rings. The smallest absolute Gasteiger partial charge is 0.243 e. The zero-order valence-corrected chi connectivity index (χ0v) is 9.85. The van der Waals surface area contributed by atoms with Gasteiger partial charge in [0, 0.05) is 12.7 Å². The van der Waals surface area contributed by atoms with Crippen molar-refractivity contribution in [1.29, 1.82) is 0 Å². The molecule has 3 rings (SSSR count). The normalized spacial score (nSPS) is 18.0. The SMILES string of the molecule is Cc1ccn2nc(NCC3(O)CCC3)nc2c1. The summed E-state index contributed by atoms with van der Waals surface area (Å²) in [7, 11) is 0. The molecule has 90 valence electrons. The summed E-state index contributed by atoms with van der Waals surface area (Å²) >= 11 is 0. The number of pyridine rings is 1. The van der Waals surface area contributed by atoms with Crippen molar-refractivity contribution in [1.82, 2.24) is 14.6 Å². The summed E-state index contributed by atoms with van der Waals surface area (Å²) in [6.07, 6.45) is 4.73. The van der Waals surface area contributed by atoms with Crippen LogP contribution in [0.5, 0.6) is 0 Å². The maximum absolute atomic E-state index is 9.97. The average Bonchev–Trinajstić information content (AvgIpc) is 2.65. The molecule has 0 aliphatic heterocycles. The van der Waals surface area contributed by atoms with Crippen LogP contribution in [0.1, 0.15) is 24.8 Å². The first kappa shape index (κ1) is 10.5. The van der Waals surface area contributed by atoms with Gasteiger partial charge in [0.1, 0.15) is 0 Å². The maximum Gasteiger partial charge on any atom is 0.243 e. The van der Waals surface area contributed by atoms with Crippen molar-refractivity contribution in [3.05, 3.63) is 23.9 Å². The number of aryl methyl sites for hydroxylation is 1. The van der Waals surface area contributed by atoms with Gasteiger partial charge in [0.2, 0.25) is 5.95 Å². The molecule has 0 atom stereocenters. The van der Waals surface area contributed by atoms with Gasteiger partial charge in [-0.3, -0.25) is 0 Å². The Labute approximate surface area is 99.5 Å². The molecule has 1 saturated carbocycles. The Morgan fingerprint density at radius 3 is 3.06 bits per heavy atom. The molecule has 5 heteroatoms. The van der Waals surface area contributed by atoms with Gasteiger partial charge >= 0.3 is 0 Å². The third kappa shape index (κ3) is 1.98. The number of hydrogen-bond donors (Lipinski definition) is 2. The van der Waals surface area contributed by atoms with Gasteiger partial charge in [-0.1, -0.05) is 0 Å². The van der Waals surface area contributed by atoms with Gasteiger partial charge < -0.3 is 10.4 Å². The van der Waals surface area contributed by atoms with E-state index < -0.39 is 5.60 Å². The summed E-state index contributed by atoms with van der Waals surface area (Å²) < 4.78 is 1.74. The molecule has 2 heterocycles. The van der Waals surface area contributed by atoms with Gasteiger partial charge in [-0.2, -0.15) is 4.98 Å². The number of nitrogens with one attached hydrogen (secondary N) is 1. The van der Waals surface area contributed by atoms with Gasteiger partial charge in [0.05, 0.1) is 5.60 Å². The van der Waals surface area contributed by atoms with Crippen LogP contribution < -0.4 is 5.32 Å². The van der Waals surface area contributed by atoms with Crippen LogP contribution in [0.2, 0.25) is 0 Å². The molecule has 0 unspecified atom stereocenters. The summed E-state index contributed by atoms with van der Waals surface area (Å²) in [6, 6.07) is 3.97. The summed E-state index contributed by atoms with van der Waals surface area (Å²) in [5.74, 6) is 0.580. The minimum Gasteiger partial charge on any atom is -0.388 e. The maximum atomic E-state index is 9.97. The number of rotatable bonds is 3. The largest absolute Gasteiger partial charge is 0.388 e. The topological polar surface area (TPSA) is 62.5 Å². The van der Waals surface area contributed by atoms with Gasteiger partial charge in [-0.15, -0.1) is 5.10 Å². The van der Waals surface area contributed by atoms with Crippen LogP contribution in [0.15, 0.2) is 18.3 Å². The quantitative estimate of drug-likeness (QED) is 0.839. The van der Waals surface area contributed by atoms with E-state index in [1.54, 1.807) is 4.52 Å². The van der Waals surface area contributed by atoms with E-state index in [0.717, 1.165) is 30.5 Å². The molecule has 2 N–H and O–H groups in total. The number of aliphatic hydroxyl groups is 1. The molecule has 0 spiro atoms. The molecule has 2 aromatic rings. The highest BCUT2D eigenvalue weighted by Crippen LogP contribution is 2.31. The van der Waals surface area contributed by atoms with Crippen molar-refractivity contribution in [2.75, 3.05) is 11.9 Å². The first-order chi connectivity index (χ1) is 8.15. The average molecular weight is 232 g/mol. The Balaban J connectivity index is 1.76. The minimum absolute atomic E-state index is 0.531. The summed E-state index contributed by atoms with van der Waals surface area (Å²) in [6.45, 7) is 2.56. The summed E-state index contributed by atoms with van der Waals surface area (Å²) in [4.78, 5) is 4.36. The van der Waals surface area contributed by atoms with Gasteiger partial charge in [-0.05, 0) is 43.9 Å². The van der Waals surface area contributed by atoms with E-state index in [-0.39, 0.29) is 0 Å². The lowest BCUT2D eigenvalue weighted by Gasteiger charge is -2.36. The van der Waals surface area contributed by atoms with Crippen LogP contribution in [0.4, 0.5) is 5.95 Å². The Hall–Kier alpha value is -1.62. The van der Waals surface area contributed by atoms with E-state index in [1.807, 2.05) is 25.3 Å². The lowest BCUT2D eigenvalue weighted by atomic mass is 9.80. The van der Waals surface area contributed by atoms with Gasteiger partial charge in [0.25, 0.3) is 0 Å². The Kier molecular flexibility index (Phi) is 2.29. The molecule has 5 nitrogen and oxygen atoms in total. The van der Waals surface area contributed by atoms with Crippen LogP contribution in [0, 0.1) is 6.92 Å². The third-order valence-electron chi connectivity index (χ3n) is 3.35. The third-order valence-corrected chi connectivity index (χ3v) is 3.35. The molecule has 1 aliphatic carbocycles. The second-order valence-electron chi connectivity index (χ2n) is 4.87. The van der Waals surface area contributed by atoms with Crippen molar-refractivity contribution >= 4 is 11.6 Å². The van der Waals surface area contributed by atoms with Crippen LogP contribution in [-0.2, 0) is 0 Å². The van der Waals surface area contributed by atoms with Crippen molar-refractivity contribution in [2.24, 2.45) is 0 Å². The van der Waals surface area contributed by atoms with Crippen LogP contribution >= 0.6 is 0 Å². The predicted molar refractivity (Wildman–Crippen MR) is 65.0 cm³/mol. The highest BCUT2D eigenvalue weighted by atomic mass is 16.3. The van der Waals surface area contributed by atoms with Gasteiger partial charge in [-0.25, -0.2) is 4.52 Å². The zero-order valence-electron chi connectivity index (χ0n) is 9.85. The summed E-state index contributed by atoms with van der Waals surface area (Å²) in [5.41, 5.74) is 1.44. The van der Waals surface area contributed by atoms with Crippen LogP contribution in [-0.4, -0.2) is 31.9 Å². The number of nitrogens with zero attached hydrogens (tertiary/aromatic N) is 3. The molecule has 0 radical (unpaired) electrons. The second kappa shape index (κ2) is 3.70. The fourth-order valence-corrected chi connectivity index (χ4v) is 2.06. The molecular weight excluding hydrogens is 216 g/mol. The highest BCUT2D eigenvalue weighted by Gasteiger charge is 2.34. The Morgan fingerprint density at radius 2 is 2.35 bits per heavy atom. The first-order valence-electron chi connectivity index (χ1n) is 5.94. The van der Waals surface area contributed by atoms with E-state index in [2.05, 4.69) is 15.4 Å². The van der Waals surface area contributed by atoms with Crippen molar-refractivity contribution in [2.45, 2.75) is 31.8 Å². The van der Waals surface area contributed by atoms with Crippen LogP contribution in [0.25, 0.3) is 5.65 Å². The van der Waals surface area contributed by atoms with Crippen molar-refractivity contribution in [3.8, 4) is 0 Å². The molecule has 2 aromatic heterocycles. The van der Waals surface area contributed by atoms with E-state index in [9.17, 15) is 5.11 Å². The molecule has 0 saturated heterocycles. The zero-order chi connectivity index (χ0) is 11.9. The first-order valence-corrected chi connectivity index (χ1v) is 5.94. The van der Waals surface area contributed by atoms with E-state index in [4.69, 9.17) is 0 Å². The number of fused-ring (bicyclic) bond motifs is 1.